The van der Waals surface area contributed by atoms with Crippen molar-refractivity contribution in [2.45, 2.75) is 0 Å². The molecule has 0 aliphatic heterocycles. The van der Waals surface area contributed by atoms with E-state index in [-0.39, 0.29) is 0 Å². The van der Waals surface area contributed by atoms with Gasteiger partial charge in [0.25, 0.3) is 0 Å². The van der Waals surface area contributed by atoms with Crippen LogP contribution >= 0.6 is 11.6 Å². The summed E-state index contributed by atoms with van der Waals surface area (Å²) < 4.78 is 10.6. The first-order valence-corrected chi connectivity index (χ1v) is 10.2. The summed E-state index contributed by atoms with van der Waals surface area (Å²) in [6, 6.07) is 28.5. The number of hydrogen-bond acceptors (Lipinski definition) is 2. The van der Waals surface area contributed by atoms with E-state index in [1.54, 1.807) is 0 Å². The second-order valence-corrected chi connectivity index (χ2v) is 7.89. The third-order valence-electron chi connectivity index (χ3n) is 5.79. The Bertz CT molecular complexity index is 1770. The maximum atomic E-state index is 6.38. The highest BCUT2D eigenvalue weighted by atomic mass is 35.5. The molecule has 0 saturated heterocycles. The van der Waals surface area contributed by atoms with Crippen LogP contribution in [-0.4, -0.2) is 14.0 Å². The van der Waals surface area contributed by atoms with Crippen LogP contribution in [0.5, 0.6) is 0 Å². The molecular formula is C25H14ClN3O. The van der Waals surface area contributed by atoms with Crippen molar-refractivity contribution < 1.29 is 4.42 Å². The standard InChI is InChI=1S/C25H14ClN3O/c26-15-12-13-20-22(14-15)28-19-9-3-2-8-18(19)27-25(28)29(20)21-10-5-7-17-16-6-1-4-11-23(16)30-24(17)21/h1-14H. The molecule has 3 heterocycles. The van der Waals surface area contributed by atoms with E-state index in [9.17, 15) is 0 Å². The predicted molar refractivity (Wildman–Crippen MR) is 122 cm³/mol. The lowest BCUT2D eigenvalue weighted by molar-refractivity contribution is 0.666. The van der Waals surface area contributed by atoms with Crippen molar-refractivity contribution >= 4 is 61.4 Å². The van der Waals surface area contributed by atoms with E-state index < -0.39 is 0 Å². The normalized spacial score (nSPS) is 12.2. The molecule has 0 aliphatic carbocycles. The van der Waals surface area contributed by atoms with Gasteiger partial charge in [-0.1, -0.05) is 54.1 Å². The summed E-state index contributed by atoms with van der Waals surface area (Å²) in [6.45, 7) is 0. The number of benzene rings is 4. The van der Waals surface area contributed by atoms with Gasteiger partial charge in [0.15, 0.2) is 5.58 Å². The SMILES string of the molecule is Clc1ccc2c(c1)n1c3ccccc3nc1n2-c1cccc2c1oc1ccccc12. The number of nitrogens with zero attached hydrogens (tertiary/aromatic N) is 3. The number of para-hydroxylation sites is 4. The Hall–Kier alpha value is -3.76. The lowest BCUT2D eigenvalue weighted by atomic mass is 10.1. The van der Waals surface area contributed by atoms with Crippen LogP contribution in [0.2, 0.25) is 5.02 Å². The zero-order chi connectivity index (χ0) is 19.8. The third kappa shape index (κ3) is 1.98. The molecule has 0 amide bonds. The van der Waals surface area contributed by atoms with Gasteiger partial charge in [0.1, 0.15) is 5.58 Å². The van der Waals surface area contributed by atoms with Gasteiger partial charge in [0, 0.05) is 15.8 Å². The molecule has 0 saturated carbocycles. The van der Waals surface area contributed by atoms with Crippen molar-refractivity contribution in [3.8, 4) is 5.69 Å². The van der Waals surface area contributed by atoms with Crippen molar-refractivity contribution in [2.75, 3.05) is 0 Å². The molecule has 4 aromatic carbocycles. The summed E-state index contributed by atoms with van der Waals surface area (Å²) in [4.78, 5) is 4.96. The minimum Gasteiger partial charge on any atom is -0.454 e. The number of hydrogen-bond donors (Lipinski definition) is 0. The van der Waals surface area contributed by atoms with Gasteiger partial charge in [-0.3, -0.25) is 8.97 Å². The first-order valence-electron chi connectivity index (χ1n) is 9.77. The van der Waals surface area contributed by atoms with Crippen LogP contribution in [0.3, 0.4) is 0 Å². The highest BCUT2D eigenvalue weighted by Gasteiger charge is 2.20. The predicted octanol–water partition coefficient (Wildman–Crippen LogP) is 6.98. The Morgan fingerprint density at radius 3 is 2.53 bits per heavy atom. The monoisotopic (exact) mass is 407 g/mol. The minimum atomic E-state index is 0.696. The Kier molecular flexibility index (Phi) is 3.03. The molecule has 142 valence electrons. The Balaban J connectivity index is 1.72. The Morgan fingerprint density at radius 2 is 1.57 bits per heavy atom. The molecule has 0 bridgehead atoms. The van der Waals surface area contributed by atoms with Crippen LogP contribution in [0.15, 0.2) is 89.3 Å². The fraction of sp³-hybridized carbons (Fsp3) is 0. The fourth-order valence-corrected chi connectivity index (χ4v) is 4.69. The molecular weight excluding hydrogens is 394 g/mol. The lowest BCUT2D eigenvalue weighted by Crippen LogP contribution is -1.95. The van der Waals surface area contributed by atoms with Gasteiger partial charge in [0.05, 0.1) is 27.8 Å². The fourth-order valence-electron chi connectivity index (χ4n) is 4.52. The van der Waals surface area contributed by atoms with Crippen LogP contribution in [0.4, 0.5) is 0 Å². The molecule has 7 aromatic rings. The van der Waals surface area contributed by atoms with Crippen molar-refractivity contribution in [1.29, 1.82) is 0 Å². The van der Waals surface area contributed by atoms with E-state index in [0.717, 1.165) is 55.5 Å². The number of imidazole rings is 2. The first kappa shape index (κ1) is 16.1. The summed E-state index contributed by atoms with van der Waals surface area (Å²) in [6.07, 6.45) is 0. The van der Waals surface area contributed by atoms with Crippen LogP contribution in [-0.2, 0) is 0 Å². The number of furan rings is 1. The molecule has 0 atom stereocenters. The maximum Gasteiger partial charge on any atom is 0.220 e. The summed E-state index contributed by atoms with van der Waals surface area (Å²) in [7, 11) is 0. The molecule has 3 aromatic heterocycles. The summed E-state index contributed by atoms with van der Waals surface area (Å²) in [5.74, 6) is 0.835. The molecule has 0 spiro atoms. The molecule has 4 nitrogen and oxygen atoms in total. The zero-order valence-corrected chi connectivity index (χ0v) is 16.5. The van der Waals surface area contributed by atoms with Crippen molar-refractivity contribution in [3.05, 3.63) is 90.0 Å². The smallest absolute Gasteiger partial charge is 0.220 e. The van der Waals surface area contributed by atoms with Crippen molar-refractivity contribution in [3.63, 3.8) is 0 Å². The summed E-state index contributed by atoms with van der Waals surface area (Å²) in [5, 5.41) is 2.90. The van der Waals surface area contributed by atoms with E-state index in [4.69, 9.17) is 21.0 Å². The van der Waals surface area contributed by atoms with Gasteiger partial charge < -0.3 is 4.42 Å². The van der Waals surface area contributed by atoms with Crippen LogP contribution in [0.1, 0.15) is 0 Å². The van der Waals surface area contributed by atoms with Crippen LogP contribution in [0, 0.1) is 0 Å². The Morgan fingerprint density at radius 1 is 0.733 bits per heavy atom. The number of rotatable bonds is 1. The molecule has 0 N–H and O–H groups in total. The third-order valence-corrected chi connectivity index (χ3v) is 6.02. The maximum absolute atomic E-state index is 6.38. The highest BCUT2D eigenvalue weighted by molar-refractivity contribution is 6.31. The second-order valence-electron chi connectivity index (χ2n) is 7.46. The summed E-state index contributed by atoms with van der Waals surface area (Å²) >= 11 is 6.38. The van der Waals surface area contributed by atoms with Crippen molar-refractivity contribution in [1.82, 2.24) is 14.0 Å². The molecule has 0 unspecified atom stereocenters. The average molecular weight is 408 g/mol. The molecule has 0 aliphatic rings. The number of fused-ring (bicyclic) bond motifs is 8. The van der Waals surface area contributed by atoms with Gasteiger partial charge in [-0.15, -0.1) is 0 Å². The van der Waals surface area contributed by atoms with E-state index in [1.165, 1.54) is 0 Å². The van der Waals surface area contributed by atoms with Gasteiger partial charge >= 0.3 is 0 Å². The van der Waals surface area contributed by atoms with Crippen LogP contribution in [0.25, 0.3) is 55.5 Å². The van der Waals surface area contributed by atoms with Gasteiger partial charge in [-0.2, -0.15) is 0 Å². The highest BCUT2D eigenvalue weighted by Crippen LogP contribution is 2.36. The van der Waals surface area contributed by atoms with Crippen LogP contribution < -0.4 is 0 Å². The number of aromatic nitrogens is 3. The second kappa shape index (κ2) is 5.65. The zero-order valence-electron chi connectivity index (χ0n) is 15.7. The summed E-state index contributed by atoms with van der Waals surface area (Å²) in [5.41, 5.74) is 6.72. The van der Waals surface area contributed by atoms with E-state index in [2.05, 4.69) is 39.3 Å². The minimum absolute atomic E-state index is 0.696. The molecule has 5 heteroatoms. The molecule has 0 radical (unpaired) electrons. The molecule has 0 fully saturated rings. The molecule has 30 heavy (non-hydrogen) atoms. The van der Waals surface area contributed by atoms with Gasteiger partial charge in [-0.25, -0.2) is 4.98 Å². The van der Waals surface area contributed by atoms with Gasteiger partial charge in [0.2, 0.25) is 5.78 Å². The van der Waals surface area contributed by atoms with E-state index >= 15 is 0 Å². The largest absolute Gasteiger partial charge is 0.454 e. The number of halogens is 1. The van der Waals surface area contributed by atoms with E-state index in [1.807, 2.05) is 54.6 Å². The van der Waals surface area contributed by atoms with Crippen molar-refractivity contribution in [2.24, 2.45) is 0 Å². The van der Waals surface area contributed by atoms with E-state index in [0.29, 0.717) is 5.02 Å². The lowest BCUT2D eigenvalue weighted by Gasteiger charge is -2.06. The quantitative estimate of drug-likeness (QED) is 0.294. The average Bonchev–Trinajstić information content (AvgIpc) is 3.42. The first-order chi connectivity index (χ1) is 14.8. The van der Waals surface area contributed by atoms with Gasteiger partial charge in [-0.05, 0) is 42.5 Å². The Labute approximate surface area is 175 Å². The topological polar surface area (TPSA) is 35.4 Å². The molecule has 7 rings (SSSR count).